The van der Waals surface area contributed by atoms with Crippen molar-refractivity contribution in [2.45, 2.75) is 6.61 Å². The molecule has 0 radical (unpaired) electrons. The fraction of sp³-hybridized carbons (Fsp3) is 0.0769. The van der Waals surface area contributed by atoms with Gasteiger partial charge in [-0.05, 0) is 23.8 Å². The second-order valence-electron chi connectivity index (χ2n) is 3.69. The minimum atomic E-state index is -1.22. The average Bonchev–Trinajstić information content (AvgIpc) is 2.41. The molecule has 2 N–H and O–H groups in total. The van der Waals surface area contributed by atoms with E-state index in [9.17, 15) is 4.79 Å². The Morgan fingerprint density at radius 2 is 1.89 bits per heavy atom. The number of aliphatic hydroxyl groups excluding tert-OH is 1. The summed E-state index contributed by atoms with van der Waals surface area (Å²) in [6.45, 7) is -0.0529. The van der Waals surface area contributed by atoms with Crippen LogP contribution in [0.1, 0.15) is 16.1 Å². The van der Waals surface area contributed by atoms with Crippen LogP contribution in [0.5, 0.6) is 11.6 Å². The van der Waals surface area contributed by atoms with Crippen LogP contribution in [0.2, 0.25) is 5.02 Å². The Labute approximate surface area is 114 Å². The smallest absolute Gasteiger partial charge is 0.356 e. The van der Waals surface area contributed by atoms with Crippen molar-refractivity contribution in [2.75, 3.05) is 0 Å². The number of rotatable bonds is 4. The van der Waals surface area contributed by atoms with Gasteiger partial charge in [-0.2, -0.15) is 0 Å². The number of nitrogens with zero attached hydrogens (tertiary/aromatic N) is 1. The maximum absolute atomic E-state index is 10.9. The van der Waals surface area contributed by atoms with Crippen LogP contribution in [0.15, 0.2) is 36.4 Å². The zero-order valence-electron chi connectivity index (χ0n) is 9.71. The molecule has 5 nitrogen and oxygen atoms in total. The van der Waals surface area contributed by atoms with Gasteiger partial charge in [0.2, 0.25) is 5.88 Å². The number of pyridine rings is 1. The number of aromatic carboxylic acids is 1. The van der Waals surface area contributed by atoms with E-state index < -0.39 is 5.97 Å². The molecule has 1 aromatic carbocycles. The fourth-order valence-corrected chi connectivity index (χ4v) is 1.60. The first-order valence-corrected chi connectivity index (χ1v) is 5.75. The normalized spacial score (nSPS) is 10.2. The molecule has 1 aromatic heterocycles. The molecule has 0 aliphatic heterocycles. The van der Waals surface area contributed by atoms with E-state index >= 15 is 0 Å². The lowest BCUT2D eigenvalue weighted by molar-refractivity contribution is 0.0690. The highest BCUT2D eigenvalue weighted by Gasteiger charge is 2.12. The van der Waals surface area contributed by atoms with Crippen molar-refractivity contribution >= 4 is 17.6 Å². The lowest BCUT2D eigenvalue weighted by atomic mass is 10.2. The summed E-state index contributed by atoms with van der Waals surface area (Å²) in [6, 6.07) is 9.60. The van der Waals surface area contributed by atoms with E-state index in [1.54, 1.807) is 24.3 Å². The van der Waals surface area contributed by atoms with E-state index in [0.29, 0.717) is 5.75 Å². The Morgan fingerprint density at radius 3 is 2.47 bits per heavy atom. The fourth-order valence-electron chi connectivity index (χ4n) is 1.41. The van der Waals surface area contributed by atoms with Crippen LogP contribution in [0, 0.1) is 0 Å². The summed E-state index contributed by atoms with van der Waals surface area (Å²) < 4.78 is 5.41. The van der Waals surface area contributed by atoms with Gasteiger partial charge < -0.3 is 14.9 Å². The van der Waals surface area contributed by atoms with E-state index in [2.05, 4.69) is 4.98 Å². The zero-order valence-corrected chi connectivity index (χ0v) is 10.5. The number of hydrogen-bond donors (Lipinski definition) is 2. The number of ether oxygens (including phenoxy) is 1. The number of carboxylic acids is 1. The zero-order chi connectivity index (χ0) is 13.8. The maximum atomic E-state index is 10.9. The molecule has 0 spiro atoms. The molecule has 98 valence electrons. The van der Waals surface area contributed by atoms with Gasteiger partial charge in [0, 0.05) is 6.07 Å². The third-order valence-electron chi connectivity index (χ3n) is 2.35. The predicted octanol–water partition coefficient (Wildman–Crippen LogP) is 2.72. The quantitative estimate of drug-likeness (QED) is 0.899. The molecule has 0 amide bonds. The van der Waals surface area contributed by atoms with Crippen molar-refractivity contribution in [2.24, 2.45) is 0 Å². The highest BCUT2D eigenvalue weighted by Crippen LogP contribution is 2.23. The van der Waals surface area contributed by atoms with Crippen LogP contribution < -0.4 is 4.74 Å². The van der Waals surface area contributed by atoms with Crippen molar-refractivity contribution in [1.82, 2.24) is 4.98 Å². The monoisotopic (exact) mass is 279 g/mol. The van der Waals surface area contributed by atoms with Crippen molar-refractivity contribution in [3.05, 3.63) is 52.7 Å². The van der Waals surface area contributed by atoms with Gasteiger partial charge in [-0.3, -0.25) is 0 Å². The average molecular weight is 280 g/mol. The molecule has 0 saturated heterocycles. The predicted molar refractivity (Wildman–Crippen MR) is 68.6 cm³/mol. The molecule has 19 heavy (non-hydrogen) atoms. The first-order chi connectivity index (χ1) is 9.10. The maximum Gasteiger partial charge on any atom is 0.356 e. The standard InChI is InChI=1S/C13H10ClNO4/c14-10-5-6-11(15-12(10)13(17)18)19-9-3-1-8(7-16)2-4-9/h1-6,16H,7H2,(H,17,18). The number of aromatic nitrogens is 1. The SMILES string of the molecule is O=C(O)c1nc(Oc2ccc(CO)cc2)ccc1Cl. The Balaban J connectivity index is 2.22. The lowest BCUT2D eigenvalue weighted by Gasteiger charge is -2.06. The van der Waals surface area contributed by atoms with E-state index in [0.717, 1.165) is 5.56 Å². The minimum absolute atomic E-state index is 0.0514. The minimum Gasteiger partial charge on any atom is -0.476 e. The summed E-state index contributed by atoms with van der Waals surface area (Å²) in [6.07, 6.45) is 0. The van der Waals surface area contributed by atoms with Crippen molar-refractivity contribution in [3.63, 3.8) is 0 Å². The Morgan fingerprint density at radius 1 is 1.21 bits per heavy atom. The summed E-state index contributed by atoms with van der Waals surface area (Å²) >= 11 is 5.71. The van der Waals surface area contributed by atoms with Gasteiger partial charge in [0.15, 0.2) is 5.69 Å². The second-order valence-corrected chi connectivity index (χ2v) is 4.10. The third kappa shape index (κ3) is 3.21. The second kappa shape index (κ2) is 5.69. The van der Waals surface area contributed by atoms with Crippen LogP contribution in [-0.2, 0) is 6.61 Å². The Kier molecular flexibility index (Phi) is 3.99. The van der Waals surface area contributed by atoms with Gasteiger partial charge in [-0.25, -0.2) is 9.78 Å². The van der Waals surface area contributed by atoms with E-state index in [1.807, 2.05) is 0 Å². The molecular formula is C13H10ClNO4. The number of hydrogen-bond acceptors (Lipinski definition) is 4. The van der Waals surface area contributed by atoms with Gasteiger partial charge in [0.1, 0.15) is 5.75 Å². The van der Waals surface area contributed by atoms with E-state index in [1.165, 1.54) is 12.1 Å². The molecule has 0 unspecified atom stereocenters. The van der Waals surface area contributed by atoms with Gasteiger partial charge in [-0.1, -0.05) is 23.7 Å². The molecule has 0 saturated carbocycles. The number of carboxylic acid groups (broad SMARTS) is 1. The topological polar surface area (TPSA) is 79.7 Å². The molecule has 2 rings (SSSR count). The number of carbonyl (C=O) groups is 1. The summed E-state index contributed by atoms with van der Waals surface area (Å²) in [4.78, 5) is 14.7. The van der Waals surface area contributed by atoms with Crippen LogP contribution in [-0.4, -0.2) is 21.2 Å². The Bertz CT molecular complexity index is 598. The molecule has 2 aromatic rings. The van der Waals surface area contributed by atoms with Gasteiger partial charge >= 0.3 is 5.97 Å². The van der Waals surface area contributed by atoms with Crippen molar-refractivity contribution in [3.8, 4) is 11.6 Å². The summed E-state index contributed by atoms with van der Waals surface area (Å²) in [5.74, 6) is -0.590. The highest BCUT2D eigenvalue weighted by atomic mass is 35.5. The molecular weight excluding hydrogens is 270 g/mol. The molecule has 1 heterocycles. The molecule has 0 aliphatic carbocycles. The van der Waals surface area contributed by atoms with Crippen LogP contribution in [0.25, 0.3) is 0 Å². The van der Waals surface area contributed by atoms with Crippen LogP contribution >= 0.6 is 11.6 Å². The molecule has 0 fully saturated rings. The number of benzene rings is 1. The van der Waals surface area contributed by atoms with E-state index in [-0.39, 0.29) is 23.2 Å². The summed E-state index contributed by atoms with van der Waals surface area (Å²) in [7, 11) is 0. The Hall–Kier alpha value is -2.11. The van der Waals surface area contributed by atoms with Gasteiger partial charge in [0.25, 0.3) is 0 Å². The first-order valence-electron chi connectivity index (χ1n) is 5.37. The number of halogens is 1. The van der Waals surface area contributed by atoms with Crippen LogP contribution in [0.4, 0.5) is 0 Å². The number of aliphatic hydroxyl groups is 1. The molecule has 0 atom stereocenters. The van der Waals surface area contributed by atoms with Gasteiger partial charge in [0.05, 0.1) is 11.6 Å². The summed E-state index contributed by atoms with van der Waals surface area (Å²) in [5, 5.41) is 17.9. The van der Waals surface area contributed by atoms with Crippen molar-refractivity contribution in [1.29, 1.82) is 0 Å². The lowest BCUT2D eigenvalue weighted by Crippen LogP contribution is -2.02. The highest BCUT2D eigenvalue weighted by molar-refractivity contribution is 6.33. The van der Waals surface area contributed by atoms with Gasteiger partial charge in [-0.15, -0.1) is 0 Å². The molecule has 0 bridgehead atoms. The van der Waals surface area contributed by atoms with E-state index in [4.69, 9.17) is 26.6 Å². The third-order valence-corrected chi connectivity index (χ3v) is 2.66. The van der Waals surface area contributed by atoms with Crippen LogP contribution in [0.3, 0.4) is 0 Å². The molecule has 0 aliphatic rings. The molecule has 6 heteroatoms. The first kappa shape index (κ1) is 13.3. The largest absolute Gasteiger partial charge is 0.476 e. The van der Waals surface area contributed by atoms with Crippen molar-refractivity contribution < 1.29 is 19.7 Å². The summed E-state index contributed by atoms with van der Waals surface area (Å²) in [5.41, 5.74) is 0.494.